The topological polar surface area (TPSA) is 193 Å². The van der Waals surface area contributed by atoms with Crippen molar-refractivity contribution in [3.05, 3.63) is 40.5 Å². The van der Waals surface area contributed by atoms with Crippen LogP contribution in [0.15, 0.2) is 37.3 Å². The van der Waals surface area contributed by atoms with Crippen LogP contribution in [-0.2, 0) is 32.6 Å². The second-order valence-electron chi connectivity index (χ2n) is 10.3. The van der Waals surface area contributed by atoms with Crippen LogP contribution in [0.5, 0.6) is 0 Å². The first-order valence-corrected chi connectivity index (χ1v) is 17.6. The third-order valence-electron chi connectivity index (χ3n) is 6.70. The minimum absolute atomic E-state index is 0. The number of terminal acetylenes is 1. The Balaban J connectivity index is -0.000000160. The predicted molar refractivity (Wildman–Crippen MR) is 228 cm³/mol. The average Bonchev–Trinajstić information content (AvgIpc) is 3.84. The highest BCUT2D eigenvalue weighted by molar-refractivity contribution is 8.05. The molecule has 0 aliphatic carbocycles. The Labute approximate surface area is 342 Å². The Morgan fingerprint density at radius 2 is 1.50 bits per heavy atom. The number of aryl methyl sites for hydroxylation is 4. The van der Waals surface area contributed by atoms with Gasteiger partial charge in [-0.3, -0.25) is 4.68 Å². The standard InChI is InChI=1S/C20H22N4O3S.C19H4.H3N5O3S.8H2/c1-10-19(12(3)24(5)22-10)16-7-14(20-11(2)23-27-13(20)4)8-17-15(16)9-18(21-17)28(6,25)26;1-3-5-7-9-11-13-15-17-19-18-16-14-12-10-8-6-4-2;1-2-3-4-5(7-6)8-9;;;;;;;;/h7-8H,9H2,1-6H3;1H,2H3;1,6,9H;8*1H/b;;2-1?,4-3+;;;;;;;;. The number of nitrogens with zero attached hydrogens (tertiary/aromatic N) is 8. The Hall–Kier alpha value is -7.47. The summed E-state index contributed by atoms with van der Waals surface area (Å²) in [6.07, 6.45) is 6.38. The van der Waals surface area contributed by atoms with Gasteiger partial charge in [0.15, 0.2) is 9.84 Å². The van der Waals surface area contributed by atoms with Gasteiger partial charge in [-0.2, -0.15) is 14.9 Å². The minimum atomic E-state index is -3.37. The maximum absolute atomic E-state index is 12.1. The largest absolute Gasteiger partial charge is 0.361 e. The Morgan fingerprint density at radius 3 is 1.91 bits per heavy atom. The number of aromatic nitrogens is 3. The molecule has 15 nitrogen and oxygen atoms in total. The third-order valence-corrected chi connectivity index (χ3v) is 7.93. The molecule has 2 aromatic heterocycles. The number of sulfone groups is 1. The van der Waals surface area contributed by atoms with Crippen molar-refractivity contribution in [2.24, 2.45) is 27.7 Å². The molecule has 0 bridgehead atoms. The first-order valence-electron chi connectivity index (χ1n) is 15.3. The fourth-order valence-electron chi connectivity index (χ4n) is 4.51. The normalized spacial score (nSPS) is 9.75. The minimum Gasteiger partial charge on any atom is -0.361 e. The highest BCUT2D eigenvalue weighted by Crippen LogP contribution is 2.43. The van der Waals surface area contributed by atoms with E-state index in [4.69, 9.17) is 21.7 Å². The lowest BCUT2D eigenvalue weighted by atomic mass is 9.91. The number of hydrogen-bond acceptors (Lipinski definition) is 12. The van der Waals surface area contributed by atoms with E-state index in [0.717, 1.165) is 44.9 Å². The number of thiol groups is 1. The van der Waals surface area contributed by atoms with E-state index in [1.165, 1.54) is 6.26 Å². The summed E-state index contributed by atoms with van der Waals surface area (Å²) in [5.41, 5.74) is 14.1. The number of aliphatic imine (C=N–C) groups is 1. The molecule has 56 heavy (non-hydrogen) atoms. The van der Waals surface area contributed by atoms with Crippen LogP contribution in [0, 0.1) is 140 Å². The number of fused-ring (bicyclic) bond motifs is 1. The van der Waals surface area contributed by atoms with Gasteiger partial charge in [-0.05, 0) is 169 Å². The van der Waals surface area contributed by atoms with Crippen molar-refractivity contribution < 1.29 is 38.9 Å². The molecular formula is C39H45N9O6S2. The highest BCUT2D eigenvalue weighted by Gasteiger charge is 2.28. The average molecular weight is 800 g/mol. The summed E-state index contributed by atoms with van der Waals surface area (Å²) in [6, 6.07) is 3.99. The van der Waals surface area contributed by atoms with Gasteiger partial charge in [-0.15, -0.1) is 6.42 Å². The molecule has 0 fully saturated rings. The summed E-state index contributed by atoms with van der Waals surface area (Å²) in [6.45, 7) is 9.44. The van der Waals surface area contributed by atoms with Crippen molar-refractivity contribution in [3.63, 3.8) is 0 Å². The van der Waals surface area contributed by atoms with E-state index in [2.05, 4.69) is 160 Å². The molecule has 17 heteroatoms. The summed E-state index contributed by atoms with van der Waals surface area (Å²) in [4.78, 5) is 7.79. The number of hydrogen-bond donors (Lipinski definition) is 3. The van der Waals surface area contributed by atoms with Crippen molar-refractivity contribution in [2.45, 2.75) is 41.0 Å². The molecule has 0 amide bonds. The van der Waals surface area contributed by atoms with Gasteiger partial charge in [0.25, 0.3) is 0 Å². The van der Waals surface area contributed by atoms with Gasteiger partial charge in [0.1, 0.15) is 10.8 Å². The van der Waals surface area contributed by atoms with Crippen LogP contribution < -0.4 is 0 Å². The molecule has 0 atom stereocenters. The van der Waals surface area contributed by atoms with E-state index >= 15 is 0 Å². The molecule has 4 rings (SSSR count). The molecule has 2 N–H and O–H groups in total. The maximum Gasteiger partial charge on any atom is 0.189 e. The van der Waals surface area contributed by atoms with E-state index in [9.17, 15) is 8.42 Å². The molecule has 1 aliphatic rings. The van der Waals surface area contributed by atoms with E-state index in [-0.39, 0.29) is 21.8 Å². The zero-order chi connectivity index (χ0) is 41.5. The van der Waals surface area contributed by atoms with Crippen molar-refractivity contribution in [1.29, 1.82) is 5.53 Å². The summed E-state index contributed by atoms with van der Waals surface area (Å²) >= 11 is 3.15. The highest BCUT2D eigenvalue weighted by atomic mass is 32.2. The van der Waals surface area contributed by atoms with Gasteiger partial charge < -0.3 is 4.52 Å². The van der Waals surface area contributed by atoms with Crippen LogP contribution in [0.2, 0.25) is 0 Å². The zero-order valence-electron chi connectivity index (χ0n) is 30.9. The molecule has 0 spiro atoms. The Kier molecular flexibility index (Phi) is 18.6. The quantitative estimate of drug-likeness (QED) is 0.0587. The Bertz CT molecular complexity index is 2750. The summed E-state index contributed by atoms with van der Waals surface area (Å²) in [5, 5.41) is 24.6. The molecule has 3 heterocycles. The van der Waals surface area contributed by atoms with Crippen LogP contribution >= 0.6 is 12.9 Å². The first-order chi connectivity index (χ1) is 26.8. The summed E-state index contributed by atoms with van der Waals surface area (Å²) in [7, 11) is -1.46. The van der Waals surface area contributed by atoms with Crippen LogP contribution in [0.1, 0.15) is 46.7 Å². The SMILES string of the molecule is C#CC#CC#CC#CC#CC#CC#CC#CC#CC.Cc1noc(C)c1-c1cc2c(c(-c3c(C)nn(C)c3C)c1)CC(S(C)(=O)=O)=N2.N=N/N=N/N(OO)OS.[HH].[HH].[HH].[HH].[HH].[HH].[HH].[HH]. The van der Waals surface area contributed by atoms with Crippen LogP contribution in [-0.4, -0.2) is 45.2 Å². The van der Waals surface area contributed by atoms with Gasteiger partial charge in [-0.1, -0.05) is 16.1 Å². The lowest BCUT2D eigenvalue weighted by molar-refractivity contribution is -0.478. The van der Waals surface area contributed by atoms with E-state index in [0.29, 0.717) is 17.9 Å². The smallest absolute Gasteiger partial charge is 0.189 e. The van der Waals surface area contributed by atoms with Gasteiger partial charge in [0.05, 0.1) is 17.1 Å². The summed E-state index contributed by atoms with van der Waals surface area (Å²) < 4.78 is 35.3. The van der Waals surface area contributed by atoms with Gasteiger partial charge in [0.2, 0.25) is 0 Å². The zero-order valence-corrected chi connectivity index (χ0v) is 32.6. The number of nitrogens with one attached hydrogen (secondary N) is 1. The molecule has 0 radical (unpaired) electrons. The van der Waals surface area contributed by atoms with Crippen molar-refractivity contribution in [1.82, 2.24) is 20.3 Å². The van der Waals surface area contributed by atoms with E-state index in [1.807, 2.05) is 45.5 Å². The fourth-order valence-corrected chi connectivity index (χ4v) is 5.25. The lowest BCUT2D eigenvalue weighted by Crippen LogP contribution is -2.12. The van der Waals surface area contributed by atoms with Gasteiger partial charge >= 0.3 is 0 Å². The molecule has 1 aromatic carbocycles. The van der Waals surface area contributed by atoms with E-state index < -0.39 is 9.84 Å². The van der Waals surface area contributed by atoms with Crippen LogP contribution in [0.25, 0.3) is 22.3 Å². The predicted octanol–water partition coefficient (Wildman–Crippen LogP) is 7.02. The van der Waals surface area contributed by atoms with Crippen LogP contribution in [0.3, 0.4) is 0 Å². The molecule has 1 aliphatic heterocycles. The second-order valence-corrected chi connectivity index (χ2v) is 12.5. The second kappa shape index (κ2) is 23.2. The molecule has 3 aromatic rings. The molecular weight excluding hydrogens is 755 g/mol. The molecule has 0 saturated heterocycles. The van der Waals surface area contributed by atoms with Gasteiger partial charge in [0, 0.05) is 71.4 Å². The summed E-state index contributed by atoms with van der Waals surface area (Å²) in [5.74, 6) is 42.6. The van der Waals surface area contributed by atoms with Crippen molar-refractivity contribution in [3.8, 4) is 129 Å². The lowest BCUT2D eigenvalue weighted by Gasteiger charge is -2.12. The van der Waals surface area contributed by atoms with Crippen molar-refractivity contribution >= 4 is 33.5 Å². The number of rotatable bonds is 6. The monoisotopic (exact) mass is 799 g/mol. The van der Waals surface area contributed by atoms with E-state index in [1.54, 1.807) is 6.92 Å². The van der Waals surface area contributed by atoms with Gasteiger partial charge in [-0.25, -0.2) is 18.7 Å². The maximum atomic E-state index is 12.1. The molecule has 0 unspecified atom stereocenters. The first kappa shape index (κ1) is 44.7. The van der Waals surface area contributed by atoms with Crippen LogP contribution in [0.4, 0.5) is 5.69 Å². The van der Waals surface area contributed by atoms with Crippen molar-refractivity contribution in [2.75, 3.05) is 6.26 Å². The Morgan fingerprint density at radius 1 is 0.946 bits per heavy atom. The molecule has 294 valence electrons. The molecule has 0 saturated carbocycles. The third kappa shape index (κ3) is 13.8. The fraction of sp³-hybridized carbons (Fsp3) is 0.205. The number of benzene rings is 1.